The van der Waals surface area contributed by atoms with Gasteiger partial charge < -0.3 is 5.32 Å². The second kappa shape index (κ2) is 4.74. The van der Waals surface area contributed by atoms with Crippen LogP contribution in [0.3, 0.4) is 0 Å². The van der Waals surface area contributed by atoms with E-state index in [1.54, 1.807) is 0 Å². The van der Waals surface area contributed by atoms with Crippen LogP contribution in [0.2, 0.25) is 0 Å². The number of amides is 1. The second-order valence-corrected chi connectivity index (χ2v) is 6.40. The maximum atomic E-state index is 12.0. The molecule has 0 aromatic rings. The lowest BCUT2D eigenvalue weighted by Gasteiger charge is -2.27. The molecule has 1 aliphatic carbocycles. The highest BCUT2D eigenvalue weighted by Crippen LogP contribution is 2.37. The highest BCUT2D eigenvalue weighted by atomic mass is 16.2. The monoisotopic (exact) mass is 226 g/mol. The highest BCUT2D eigenvalue weighted by molar-refractivity contribution is 5.89. The molecule has 16 heavy (non-hydrogen) atoms. The molecule has 0 unspecified atom stereocenters. The normalized spacial score (nSPS) is 18.6. The Labute approximate surface area is 99.4 Å². The number of hydrogen-bond donors (Lipinski definition) is 2. The average molecular weight is 226 g/mol. The molecule has 94 valence electrons. The Bertz CT molecular complexity index is 249. The molecule has 1 fully saturated rings. The Balaban J connectivity index is 2.36. The zero-order chi connectivity index (χ0) is 12.4. The van der Waals surface area contributed by atoms with Crippen LogP contribution >= 0.6 is 0 Å². The van der Waals surface area contributed by atoms with Crippen LogP contribution in [-0.2, 0) is 4.79 Å². The Hall–Kier alpha value is -0.570. The van der Waals surface area contributed by atoms with E-state index in [2.05, 4.69) is 45.3 Å². The van der Waals surface area contributed by atoms with Crippen LogP contribution in [0.1, 0.15) is 53.9 Å². The minimum absolute atomic E-state index is 0.00584. The zero-order valence-corrected chi connectivity index (χ0v) is 11.3. The lowest BCUT2D eigenvalue weighted by Crippen LogP contribution is -2.53. The minimum Gasteiger partial charge on any atom is -0.354 e. The van der Waals surface area contributed by atoms with E-state index in [4.69, 9.17) is 0 Å². The molecule has 0 aromatic heterocycles. The summed E-state index contributed by atoms with van der Waals surface area (Å²) in [6.45, 7) is 11.5. The van der Waals surface area contributed by atoms with Gasteiger partial charge in [0.25, 0.3) is 0 Å². The maximum absolute atomic E-state index is 12.0. The smallest absolute Gasteiger partial charge is 0.240 e. The number of carbonyl (C=O) groups excluding carboxylic acids is 1. The van der Waals surface area contributed by atoms with Gasteiger partial charge in [-0.15, -0.1) is 0 Å². The Morgan fingerprint density at radius 3 is 2.25 bits per heavy atom. The standard InChI is InChI=1S/C13H26N2O/c1-10(2)6-9-14-11(16)13(7-8-13)15-12(3,4)5/h10,15H,6-9H2,1-5H3,(H,14,16). The summed E-state index contributed by atoms with van der Waals surface area (Å²) in [5.74, 6) is 0.828. The SMILES string of the molecule is CC(C)CCNC(=O)C1(NC(C)(C)C)CC1. The van der Waals surface area contributed by atoms with Gasteiger partial charge in [0.15, 0.2) is 0 Å². The summed E-state index contributed by atoms with van der Waals surface area (Å²) >= 11 is 0. The molecule has 0 atom stereocenters. The van der Waals surface area contributed by atoms with Crippen LogP contribution in [0, 0.1) is 5.92 Å². The third kappa shape index (κ3) is 4.12. The van der Waals surface area contributed by atoms with Crippen molar-refractivity contribution in [3.63, 3.8) is 0 Å². The van der Waals surface area contributed by atoms with E-state index in [1.807, 2.05) is 0 Å². The molecule has 0 radical (unpaired) electrons. The predicted octanol–water partition coefficient (Wildman–Crippen LogP) is 2.07. The summed E-state index contributed by atoms with van der Waals surface area (Å²) in [6.07, 6.45) is 2.99. The molecule has 1 aliphatic rings. The second-order valence-electron chi connectivity index (χ2n) is 6.40. The van der Waals surface area contributed by atoms with Gasteiger partial charge in [-0.1, -0.05) is 13.8 Å². The van der Waals surface area contributed by atoms with Crippen LogP contribution < -0.4 is 10.6 Å². The summed E-state index contributed by atoms with van der Waals surface area (Å²) in [7, 11) is 0. The van der Waals surface area contributed by atoms with Crippen LogP contribution in [0.5, 0.6) is 0 Å². The Kier molecular flexibility index (Phi) is 4.00. The molecule has 2 N–H and O–H groups in total. The first-order chi connectivity index (χ1) is 7.25. The average Bonchev–Trinajstić information content (AvgIpc) is 2.81. The topological polar surface area (TPSA) is 41.1 Å². The van der Waals surface area contributed by atoms with Crippen molar-refractivity contribution in [2.45, 2.75) is 65.0 Å². The van der Waals surface area contributed by atoms with Crippen molar-refractivity contribution in [3.8, 4) is 0 Å². The first kappa shape index (κ1) is 13.5. The van der Waals surface area contributed by atoms with Gasteiger partial charge in [0.2, 0.25) is 5.91 Å². The van der Waals surface area contributed by atoms with E-state index in [0.717, 1.165) is 25.8 Å². The summed E-state index contributed by atoms with van der Waals surface area (Å²) in [5.41, 5.74) is -0.263. The van der Waals surface area contributed by atoms with E-state index in [0.29, 0.717) is 5.92 Å². The predicted molar refractivity (Wildman–Crippen MR) is 67.3 cm³/mol. The molecule has 3 nitrogen and oxygen atoms in total. The van der Waals surface area contributed by atoms with E-state index < -0.39 is 0 Å². The van der Waals surface area contributed by atoms with Crippen LogP contribution in [0.4, 0.5) is 0 Å². The molecule has 0 spiro atoms. The fourth-order valence-electron chi connectivity index (χ4n) is 1.90. The van der Waals surface area contributed by atoms with E-state index in [9.17, 15) is 4.79 Å². The molecule has 0 bridgehead atoms. The van der Waals surface area contributed by atoms with Crippen molar-refractivity contribution in [3.05, 3.63) is 0 Å². The van der Waals surface area contributed by atoms with Crippen molar-refractivity contribution in [1.82, 2.24) is 10.6 Å². The summed E-state index contributed by atoms with van der Waals surface area (Å²) in [5, 5.41) is 6.47. The van der Waals surface area contributed by atoms with Gasteiger partial charge >= 0.3 is 0 Å². The van der Waals surface area contributed by atoms with E-state index >= 15 is 0 Å². The van der Waals surface area contributed by atoms with Gasteiger partial charge in [-0.25, -0.2) is 0 Å². The zero-order valence-electron chi connectivity index (χ0n) is 11.3. The molecule has 3 heteroatoms. The van der Waals surface area contributed by atoms with Crippen molar-refractivity contribution < 1.29 is 4.79 Å². The van der Waals surface area contributed by atoms with Gasteiger partial charge in [-0.2, -0.15) is 0 Å². The number of nitrogens with one attached hydrogen (secondary N) is 2. The molecule has 1 amide bonds. The molecule has 0 aromatic carbocycles. The van der Waals surface area contributed by atoms with Gasteiger partial charge in [-0.3, -0.25) is 10.1 Å². The third-order valence-corrected chi connectivity index (χ3v) is 2.81. The lowest BCUT2D eigenvalue weighted by molar-refractivity contribution is -0.124. The number of hydrogen-bond acceptors (Lipinski definition) is 2. The van der Waals surface area contributed by atoms with Crippen LogP contribution in [0.25, 0.3) is 0 Å². The maximum Gasteiger partial charge on any atom is 0.240 e. The highest BCUT2D eigenvalue weighted by Gasteiger charge is 2.51. The summed E-state index contributed by atoms with van der Waals surface area (Å²) in [6, 6.07) is 0. The van der Waals surface area contributed by atoms with Gasteiger partial charge in [0.05, 0.1) is 5.54 Å². The minimum atomic E-state index is -0.269. The van der Waals surface area contributed by atoms with Crippen LogP contribution in [-0.4, -0.2) is 23.5 Å². The number of carbonyl (C=O) groups is 1. The fraction of sp³-hybridized carbons (Fsp3) is 0.923. The lowest BCUT2D eigenvalue weighted by atomic mass is 10.1. The molecule has 0 aliphatic heterocycles. The molecule has 1 saturated carbocycles. The van der Waals surface area contributed by atoms with Gasteiger partial charge in [0, 0.05) is 12.1 Å². The summed E-state index contributed by atoms with van der Waals surface area (Å²) in [4.78, 5) is 12.0. The van der Waals surface area contributed by atoms with Crippen molar-refractivity contribution in [2.24, 2.45) is 5.92 Å². The largest absolute Gasteiger partial charge is 0.354 e. The van der Waals surface area contributed by atoms with Crippen molar-refractivity contribution in [2.75, 3.05) is 6.54 Å². The first-order valence-electron chi connectivity index (χ1n) is 6.33. The molecular weight excluding hydrogens is 200 g/mol. The van der Waals surface area contributed by atoms with E-state index in [1.165, 1.54) is 0 Å². The summed E-state index contributed by atoms with van der Waals surface area (Å²) < 4.78 is 0. The molecule has 1 rings (SSSR count). The fourth-order valence-corrected chi connectivity index (χ4v) is 1.90. The Morgan fingerprint density at radius 1 is 1.31 bits per heavy atom. The van der Waals surface area contributed by atoms with Gasteiger partial charge in [-0.05, 0) is 46.0 Å². The van der Waals surface area contributed by atoms with Crippen molar-refractivity contribution in [1.29, 1.82) is 0 Å². The first-order valence-corrected chi connectivity index (χ1v) is 6.33. The number of rotatable bonds is 5. The molecule has 0 saturated heterocycles. The quantitative estimate of drug-likeness (QED) is 0.753. The van der Waals surface area contributed by atoms with E-state index in [-0.39, 0.29) is 17.0 Å². The van der Waals surface area contributed by atoms with Crippen LogP contribution in [0.15, 0.2) is 0 Å². The molecule has 0 heterocycles. The third-order valence-electron chi connectivity index (χ3n) is 2.81. The molecular formula is C13H26N2O. The Morgan fingerprint density at radius 2 is 1.88 bits per heavy atom. The van der Waals surface area contributed by atoms with Crippen molar-refractivity contribution >= 4 is 5.91 Å². The van der Waals surface area contributed by atoms with Gasteiger partial charge in [0.1, 0.15) is 0 Å².